The van der Waals surface area contributed by atoms with Gasteiger partial charge in [0, 0.05) is 17.7 Å². The van der Waals surface area contributed by atoms with Crippen molar-refractivity contribution in [3.63, 3.8) is 0 Å². The fourth-order valence-electron chi connectivity index (χ4n) is 6.72. The first-order valence-corrected chi connectivity index (χ1v) is 18.0. The Hall–Kier alpha value is -1.10. The van der Waals surface area contributed by atoms with E-state index in [1.54, 1.807) is 0 Å². The second-order valence-electron chi connectivity index (χ2n) is 13.0. The quantitative estimate of drug-likeness (QED) is 0.0496. The highest BCUT2D eigenvalue weighted by molar-refractivity contribution is 6.21. The third-order valence-corrected chi connectivity index (χ3v) is 10.4. The number of carbonyl (C=O) groups excluding carboxylic acids is 1. The molecule has 2 N–H and O–H groups in total. The number of hydrogen-bond donors (Lipinski definition) is 2. The van der Waals surface area contributed by atoms with Gasteiger partial charge in [0.1, 0.15) is 6.61 Å². The van der Waals surface area contributed by atoms with Gasteiger partial charge in [-0.25, -0.2) is 0 Å². The molecule has 0 saturated heterocycles. The predicted octanol–water partition coefficient (Wildman–Crippen LogP) is 10.0. The van der Waals surface area contributed by atoms with Crippen LogP contribution in [0.4, 0.5) is 0 Å². The standard InChI is InChI=1S/C37H63ClO4/c1-3-5-6-7-8-9-10-11-12-13-14-17-20-29-42-36(41)26-19-16-15-18-23-31-32(34(39)30-33(31)38)24-21-25-35(40)37(4-2)27-22-28-37/h15,17-18,20-21,24,31-35,39-40H,3-14,16,19,22-23,25-30H2,1-2H3/b18-15-,20-17+,24-21+/t31-,32-,33-,34-,35+/m1/s1. The molecule has 2 fully saturated rings. The lowest BCUT2D eigenvalue weighted by Gasteiger charge is -2.45. The van der Waals surface area contributed by atoms with Crippen molar-refractivity contribution in [3.8, 4) is 0 Å². The molecule has 0 aromatic heterocycles. The van der Waals surface area contributed by atoms with E-state index < -0.39 is 6.10 Å². The van der Waals surface area contributed by atoms with Gasteiger partial charge in [-0.1, -0.05) is 115 Å². The number of alkyl halides is 1. The van der Waals surface area contributed by atoms with Gasteiger partial charge in [0.2, 0.25) is 0 Å². The summed E-state index contributed by atoms with van der Waals surface area (Å²) in [4.78, 5) is 12.0. The maximum absolute atomic E-state index is 12.0. The first-order chi connectivity index (χ1) is 20.4. The van der Waals surface area contributed by atoms with E-state index in [1.165, 1.54) is 70.6 Å². The van der Waals surface area contributed by atoms with Crippen molar-refractivity contribution in [1.82, 2.24) is 0 Å². The van der Waals surface area contributed by atoms with Gasteiger partial charge in [0.15, 0.2) is 0 Å². The van der Waals surface area contributed by atoms with E-state index in [1.807, 2.05) is 6.08 Å². The van der Waals surface area contributed by atoms with Crippen LogP contribution >= 0.6 is 11.6 Å². The van der Waals surface area contributed by atoms with Crippen molar-refractivity contribution < 1.29 is 19.7 Å². The van der Waals surface area contributed by atoms with Crippen molar-refractivity contribution >= 4 is 17.6 Å². The molecule has 4 nitrogen and oxygen atoms in total. The number of hydrogen-bond acceptors (Lipinski definition) is 4. The van der Waals surface area contributed by atoms with Crippen LogP contribution in [-0.2, 0) is 9.53 Å². The fourth-order valence-corrected chi connectivity index (χ4v) is 7.17. The van der Waals surface area contributed by atoms with Crippen LogP contribution < -0.4 is 0 Å². The predicted molar refractivity (Wildman–Crippen MR) is 178 cm³/mol. The van der Waals surface area contributed by atoms with Crippen LogP contribution in [0.2, 0.25) is 0 Å². The summed E-state index contributed by atoms with van der Waals surface area (Å²) < 4.78 is 5.34. The van der Waals surface area contributed by atoms with Crippen LogP contribution in [0, 0.1) is 17.3 Å². The molecule has 0 spiro atoms. The lowest BCUT2D eigenvalue weighted by Crippen LogP contribution is -2.40. The van der Waals surface area contributed by atoms with E-state index in [-0.39, 0.29) is 34.7 Å². The summed E-state index contributed by atoms with van der Waals surface area (Å²) in [6.07, 6.45) is 35.0. The Kier molecular flexibility index (Phi) is 19.8. The zero-order valence-corrected chi connectivity index (χ0v) is 27.8. The molecule has 0 bridgehead atoms. The van der Waals surface area contributed by atoms with Crippen LogP contribution in [0.3, 0.4) is 0 Å². The molecule has 5 atom stereocenters. The Morgan fingerprint density at radius 2 is 1.55 bits per heavy atom. The number of ether oxygens (including phenoxy) is 1. The molecule has 2 saturated carbocycles. The largest absolute Gasteiger partial charge is 0.461 e. The fraction of sp³-hybridized carbons (Fsp3) is 0.811. The van der Waals surface area contributed by atoms with Gasteiger partial charge in [-0.2, -0.15) is 0 Å². The number of halogens is 1. The van der Waals surface area contributed by atoms with Gasteiger partial charge in [-0.3, -0.25) is 4.79 Å². The lowest BCUT2D eigenvalue weighted by molar-refractivity contribution is -0.142. The molecule has 0 heterocycles. The number of aliphatic hydroxyl groups excluding tert-OH is 2. The Bertz CT molecular complexity index is 781. The zero-order chi connectivity index (χ0) is 30.5. The molecule has 2 aliphatic rings. The molecule has 0 aromatic carbocycles. The van der Waals surface area contributed by atoms with E-state index in [0.717, 1.165) is 44.9 Å². The molecular weight excluding hydrogens is 544 g/mol. The van der Waals surface area contributed by atoms with E-state index in [4.69, 9.17) is 16.3 Å². The average molecular weight is 607 g/mol. The van der Waals surface area contributed by atoms with Gasteiger partial charge < -0.3 is 14.9 Å². The molecule has 0 radical (unpaired) electrons. The Morgan fingerprint density at radius 3 is 2.19 bits per heavy atom. The molecule has 42 heavy (non-hydrogen) atoms. The topological polar surface area (TPSA) is 66.8 Å². The minimum absolute atomic E-state index is 0.0245. The highest BCUT2D eigenvalue weighted by Gasteiger charge is 2.42. The molecular formula is C37H63ClO4. The average Bonchev–Trinajstić information content (AvgIpc) is 3.22. The van der Waals surface area contributed by atoms with Gasteiger partial charge in [0.05, 0.1) is 12.2 Å². The minimum atomic E-state index is -0.429. The van der Waals surface area contributed by atoms with Crippen LogP contribution in [0.5, 0.6) is 0 Å². The third-order valence-electron chi connectivity index (χ3n) is 9.91. The molecule has 0 aromatic rings. The summed E-state index contributed by atoms with van der Waals surface area (Å²) in [5, 5.41) is 21.2. The highest BCUT2D eigenvalue weighted by Crippen LogP contribution is 2.48. The molecule has 0 aliphatic heterocycles. The molecule has 2 aliphatic carbocycles. The Morgan fingerprint density at radius 1 is 0.905 bits per heavy atom. The van der Waals surface area contributed by atoms with Crippen LogP contribution in [0.1, 0.15) is 149 Å². The number of esters is 1. The second kappa shape index (κ2) is 22.4. The number of aliphatic hydroxyl groups is 2. The first kappa shape index (κ1) is 37.1. The molecule has 2 rings (SSSR count). The van der Waals surface area contributed by atoms with Crippen LogP contribution in [-0.4, -0.2) is 40.4 Å². The van der Waals surface area contributed by atoms with E-state index in [2.05, 4.69) is 44.2 Å². The Labute approximate surface area is 263 Å². The van der Waals surface area contributed by atoms with Crippen LogP contribution in [0.25, 0.3) is 0 Å². The SMILES string of the molecule is CCCCCCCCCCCC/C=C/COC(=O)CCC/C=C\C[C@@H]1[C@@H](/C=C/C[C@H](O)C2(CC)CCC2)[C@H](O)C[C@H]1Cl. The third kappa shape index (κ3) is 14.1. The first-order valence-electron chi connectivity index (χ1n) is 17.6. The maximum Gasteiger partial charge on any atom is 0.306 e. The zero-order valence-electron chi connectivity index (χ0n) is 27.0. The van der Waals surface area contributed by atoms with Crippen molar-refractivity contribution in [1.29, 1.82) is 0 Å². The van der Waals surface area contributed by atoms with Crippen LogP contribution in [0.15, 0.2) is 36.5 Å². The molecule has 0 amide bonds. The van der Waals surface area contributed by atoms with Crippen molar-refractivity contribution in [2.24, 2.45) is 17.3 Å². The lowest BCUT2D eigenvalue weighted by atomic mass is 9.63. The normalized spacial score (nSPS) is 24.6. The van der Waals surface area contributed by atoms with E-state index in [9.17, 15) is 15.0 Å². The summed E-state index contributed by atoms with van der Waals surface area (Å²) in [7, 11) is 0. The number of allylic oxidation sites excluding steroid dienone is 3. The highest BCUT2D eigenvalue weighted by atomic mass is 35.5. The van der Waals surface area contributed by atoms with Crippen molar-refractivity contribution in [2.45, 2.75) is 166 Å². The number of carbonyl (C=O) groups is 1. The van der Waals surface area contributed by atoms with E-state index >= 15 is 0 Å². The monoisotopic (exact) mass is 606 g/mol. The number of rotatable bonds is 24. The smallest absolute Gasteiger partial charge is 0.306 e. The van der Waals surface area contributed by atoms with Gasteiger partial charge in [-0.05, 0) is 75.5 Å². The summed E-state index contributed by atoms with van der Waals surface area (Å²) in [6, 6.07) is 0. The van der Waals surface area contributed by atoms with Crippen molar-refractivity contribution in [2.75, 3.05) is 6.61 Å². The molecule has 242 valence electrons. The Balaban J connectivity index is 1.50. The summed E-state index contributed by atoms with van der Waals surface area (Å²) >= 11 is 6.61. The number of unbranched alkanes of at least 4 members (excludes halogenated alkanes) is 11. The minimum Gasteiger partial charge on any atom is -0.461 e. The summed E-state index contributed by atoms with van der Waals surface area (Å²) in [5.74, 6) is 0.0783. The van der Waals surface area contributed by atoms with Gasteiger partial charge in [-0.15, -0.1) is 11.6 Å². The van der Waals surface area contributed by atoms with Gasteiger partial charge >= 0.3 is 5.97 Å². The second-order valence-corrected chi connectivity index (χ2v) is 13.6. The maximum atomic E-state index is 12.0. The summed E-state index contributed by atoms with van der Waals surface area (Å²) in [5.41, 5.74) is 0.102. The molecule has 0 unspecified atom stereocenters. The van der Waals surface area contributed by atoms with Gasteiger partial charge in [0.25, 0.3) is 0 Å². The molecule has 5 heteroatoms. The van der Waals surface area contributed by atoms with Crippen molar-refractivity contribution in [3.05, 3.63) is 36.5 Å². The summed E-state index contributed by atoms with van der Waals surface area (Å²) in [6.45, 7) is 4.82. The van der Waals surface area contributed by atoms with E-state index in [0.29, 0.717) is 25.9 Å².